The summed E-state index contributed by atoms with van der Waals surface area (Å²) in [7, 11) is 0. The third kappa shape index (κ3) is 1060. The molecule has 0 saturated carbocycles. The van der Waals surface area contributed by atoms with Gasteiger partial charge in [-0.3, -0.25) is 0 Å². The van der Waals surface area contributed by atoms with Crippen molar-refractivity contribution >= 4 is 138 Å². The van der Waals surface area contributed by atoms with Crippen molar-refractivity contribution in [1.29, 1.82) is 0 Å². The van der Waals surface area contributed by atoms with Crippen molar-refractivity contribution in [3.63, 3.8) is 0 Å². The van der Waals surface area contributed by atoms with E-state index in [0.29, 0.717) is 0 Å². The van der Waals surface area contributed by atoms with E-state index < -0.39 is 92.9 Å². The van der Waals surface area contributed by atoms with Crippen LogP contribution >= 0.6 is 0 Å². The molecule has 20 heavy (non-hydrogen) atoms. The van der Waals surface area contributed by atoms with Gasteiger partial charge in [0.1, 0.15) is 0 Å². The Morgan fingerprint density at radius 3 is 0.400 bits per heavy atom. The van der Waals surface area contributed by atoms with Crippen LogP contribution < -0.4 is 0 Å². The first-order valence-electron chi connectivity index (χ1n) is 2.96. The molecule has 6 N–H and O–H groups in total. The second kappa shape index (κ2) is 122. The zero-order valence-electron chi connectivity index (χ0n) is 8.91. The van der Waals surface area contributed by atoms with E-state index in [2.05, 4.69) is 0 Å². The van der Waals surface area contributed by atoms with Crippen LogP contribution in [0.25, 0.3) is 0 Å². The average molecular weight is 508 g/mol. The zero-order chi connectivity index (χ0) is 16.2. The predicted octanol–water partition coefficient (Wildman–Crippen LogP) is -7.26. The van der Waals surface area contributed by atoms with Gasteiger partial charge in [0.25, 0.3) is 0 Å². The summed E-state index contributed by atoms with van der Waals surface area (Å²) in [4.78, 5) is 0. The molecule has 0 saturated heterocycles. The fraction of sp³-hybridized carbons (Fsp3) is 0. The molecule has 0 fully saturated rings. The van der Waals surface area contributed by atoms with Crippen molar-refractivity contribution in [3.05, 3.63) is 0 Å². The van der Waals surface area contributed by atoms with Crippen LogP contribution in [0, 0.1) is 0 Å². The fourth-order valence-electron chi connectivity index (χ4n) is 0. The van der Waals surface area contributed by atoms with E-state index in [1.54, 1.807) is 0 Å². The first-order valence-corrected chi connectivity index (χ1v) is 8.89. The molecule has 0 unspecified atom stereocenters. The Kier molecular flexibility index (Phi) is 302. The van der Waals surface area contributed by atoms with Crippen molar-refractivity contribution in [2.45, 2.75) is 0 Å². The standard InChI is InChI=1S/6Al.Ni.6H2O.6O.Sr.2H/h;;;;;;;6*1H2;;;;;;;;;/q6*+1;;;;;;;;;;;;;;;;/p-6. The van der Waals surface area contributed by atoms with Crippen LogP contribution in [-0.2, 0) is 39.3 Å². The Labute approximate surface area is 199 Å². The van der Waals surface area contributed by atoms with Gasteiger partial charge >= 0.3 is 186 Å². The van der Waals surface area contributed by atoms with E-state index in [0.717, 1.165) is 0 Å². The van der Waals surface area contributed by atoms with Crippen molar-refractivity contribution in [2.75, 3.05) is 0 Å². The summed E-state index contributed by atoms with van der Waals surface area (Å²) in [6.45, 7) is 0. The summed E-state index contributed by atoms with van der Waals surface area (Å²) in [5.41, 5.74) is 0. The molecular weight excluding hydrogens is 500 g/mol. The van der Waals surface area contributed by atoms with Gasteiger partial charge in [-0.1, -0.05) is 0 Å². The minimum atomic E-state index is -1.50. The third-order valence-electron chi connectivity index (χ3n) is 0. The van der Waals surface area contributed by atoms with Gasteiger partial charge in [0.15, 0.2) is 0 Å². The summed E-state index contributed by atoms with van der Waals surface area (Å²) in [6.07, 6.45) is 0. The van der Waals surface area contributed by atoms with Gasteiger partial charge < -0.3 is 0 Å². The van der Waals surface area contributed by atoms with E-state index >= 15 is 0 Å². The van der Waals surface area contributed by atoms with Crippen molar-refractivity contribution in [2.24, 2.45) is 0 Å². The summed E-state index contributed by atoms with van der Waals surface area (Å²) in [5, 5.41) is 0. The molecule has 0 radical (unpaired) electrons. The Bertz CT molecular complexity index is 119. The molecular formula is H8Al6NiO12Sr. The maximum atomic E-state index is 8.57. The Balaban J connectivity index is -0.0000000141. The molecule has 0 aromatic heterocycles. The Morgan fingerprint density at radius 1 is 0.400 bits per heavy atom. The van der Waals surface area contributed by atoms with Gasteiger partial charge in [0, 0.05) is 16.5 Å². The summed E-state index contributed by atoms with van der Waals surface area (Å²) >= 11 is -9.00. The third-order valence-corrected chi connectivity index (χ3v) is 0. The molecule has 110 valence electrons. The van der Waals surface area contributed by atoms with Crippen LogP contribution in [0.4, 0.5) is 0 Å². The molecule has 0 aromatic carbocycles. The number of hydrogen-bond acceptors (Lipinski definition) is 6. The molecule has 0 rings (SSSR count). The van der Waals surface area contributed by atoms with Crippen molar-refractivity contribution in [3.8, 4) is 0 Å². The first-order chi connectivity index (χ1) is 8.49. The molecule has 0 aliphatic heterocycles. The van der Waals surface area contributed by atoms with Crippen LogP contribution in [-0.4, -0.2) is 163 Å². The molecule has 0 heterocycles. The van der Waals surface area contributed by atoms with E-state index in [1.807, 2.05) is 0 Å². The van der Waals surface area contributed by atoms with Gasteiger partial charge in [-0.05, 0) is 0 Å². The summed E-state index contributed by atoms with van der Waals surface area (Å²) in [6, 6.07) is 0. The first kappa shape index (κ1) is 49.5. The van der Waals surface area contributed by atoms with Crippen LogP contribution in [0.15, 0.2) is 0 Å². The molecule has 0 bridgehead atoms. The molecule has 0 aliphatic rings. The van der Waals surface area contributed by atoms with Gasteiger partial charge in [-0.2, -0.15) is 0 Å². The topological polar surface area (TPSA) is 224 Å². The molecule has 0 amide bonds. The van der Waals surface area contributed by atoms with Crippen LogP contribution in [0.3, 0.4) is 0 Å². The molecule has 0 aliphatic carbocycles. The normalized spacial score (nSPS) is 2.40. The van der Waals surface area contributed by atoms with Gasteiger partial charge in [0.2, 0.25) is 0 Å². The van der Waals surface area contributed by atoms with E-state index in [-0.39, 0.29) is 62.0 Å². The minimum absolute atomic E-state index is 0. The average Bonchev–Trinajstić information content (AvgIpc) is 2.23. The molecule has 12 nitrogen and oxygen atoms in total. The quantitative estimate of drug-likeness (QED) is 0.168. The van der Waals surface area contributed by atoms with E-state index in [9.17, 15) is 0 Å². The number of hydrogen-bond donors (Lipinski definition) is 6. The van der Waals surface area contributed by atoms with E-state index in [4.69, 9.17) is 47.8 Å². The van der Waals surface area contributed by atoms with Gasteiger partial charge in [0.05, 0.1) is 0 Å². The van der Waals surface area contributed by atoms with Crippen LogP contribution in [0.5, 0.6) is 0 Å². The Hall–Kier alpha value is 2.77. The monoisotopic (exact) mass is 508 g/mol. The van der Waals surface area contributed by atoms with Gasteiger partial charge in [-0.15, -0.1) is 0 Å². The molecule has 0 spiro atoms. The Morgan fingerprint density at radius 2 is 0.400 bits per heavy atom. The second-order valence-corrected chi connectivity index (χ2v) is 1.90. The zero-order valence-corrected chi connectivity index (χ0v) is 16.8. The van der Waals surface area contributed by atoms with Crippen LogP contribution in [0.2, 0.25) is 0 Å². The SMILES string of the molecule is [Ni].[O]=[Al][OH].[O]=[Al][OH].[O]=[Al][OH].[O]=[Al][OH].[O]=[Al][OH].[O]=[Al][OH].[SrH2]. The van der Waals surface area contributed by atoms with Gasteiger partial charge in [-0.25, -0.2) is 0 Å². The van der Waals surface area contributed by atoms with Crippen molar-refractivity contribution < 1.29 is 64.3 Å². The second-order valence-electron chi connectivity index (χ2n) is 0.632. The summed E-state index contributed by atoms with van der Waals surface area (Å²) in [5.74, 6) is 0. The van der Waals surface area contributed by atoms with Crippen molar-refractivity contribution in [1.82, 2.24) is 0 Å². The predicted molar refractivity (Wildman–Crippen MR) is 60.5 cm³/mol. The number of rotatable bonds is 0. The summed E-state index contributed by atoms with van der Waals surface area (Å²) < 4.78 is 94.0. The molecule has 20 heteroatoms. The molecule has 0 atom stereocenters. The maximum absolute atomic E-state index is 8.57. The molecule has 0 aromatic rings. The van der Waals surface area contributed by atoms with Crippen LogP contribution in [0.1, 0.15) is 0 Å². The van der Waals surface area contributed by atoms with E-state index in [1.165, 1.54) is 0 Å². The fourth-order valence-corrected chi connectivity index (χ4v) is 0.